The molecular formula is C24H26F2. The van der Waals surface area contributed by atoms with E-state index in [1.54, 1.807) is 17.2 Å². The Morgan fingerprint density at radius 2 is 1.77 bits per heavy atom. The minimum Gasteiger partial charge on any atom is -0.204 e. The van der Waals surface area contributed by atoms with E-state index in [0.717, 1.165) is 23.5 Å². The lowest BCUT2D eigenvalue weighted by atomic mass is 9.81. The normalized spacial score (nSPS) is 18.8. The fraction of sp³-hybridized carbons (Fsp3) is 0.417. The van der Waals surface area contributed by atoms with Gasteiger partial charge in [0.2, 0.25) is 0 Å². The molecule has 2 aliphatic carbocycles. The van der Waals surface area contributed by atoms with Crippen molar-refractivity contribution in [1.82, 2.24) is 0 Å². The number of hydrogen-bond donors (Lipinski definition) is 0. The maximum Gasteiger partial charge on any atom is 0.159 e. The van der Waals surface area contributed by atoms with Gasteiger partial charge in [-0.25, -0.2) is 8.78 Å². The van der Waals surface area contributed by atoms with Crippen LogP contribution in [0.2, 0.25) is 0 Å². The summed E-state index contributed by atoms with van der Waals surface area (Å²) in [6, 6.07) is 10.6. The van der Waals surface area contributed by atoms with Gasteiger partial charge in [-0.2, -0.15) is 0 Å². The van der Waals surface area contributed by atoms with E-state index >= 15 is 0 Å². The van der Waals surface area contributed by atoms with Crippen LogP contribution in [0.15, 0.2) is 42.0 Å². The number of unbranched alkanes of at least 4 members (excludes halogenated alkanes) is 2. The highest BCUT2D eigenvalue weighted by molar-refractivity contribution is 5.80. The van der Waals surface area contributed by atoms with Crippen molar-refractivity contribution < 1.29 is 8.78 Å². The smallest absolute Gasteiger partial charge is 0.159 e. The second-order valence-electron chi connectivity index (χ2n) is 7.86. The van der Waals surface area contributed by atoms with E-state index in [0.29, 0.717) is 0 Å². The zero-order valence-electron chi connectivity index (χ0n) is 15.5. The summed E-state index contributed by atoms with van der Waals surface area (Å²) in [6.07, 6.45) is 10.1. The van der Waals surface area contributed by atoms with Crippen LogP contribution in [0.5, 0.6) is 0 Å². The standard InChI is InChI=1S/C24H26F2/c1-2-3-4-5-16-6-9-21-19(12-16)14-20-13-17(7-10-22(20)21)18-8-11-23(25)24(26)15-18/h7-8,10-11,13,15-16H,2-6,9,12,14H2,1H3. The largest absolute Gasteiger partial charge is 0.204 e. The Morgan fingerprint density at radius 3 is 2.58 bits per heavy atom. The zero-order chi connectivity index (χ0) is 18.1. The van der Waals surface area contributed by atoms with Crippen molar-refractivity contribution in [2.75, 3.05) is 0 Å². The van der Waals surface area contributed by atoms with Crippen LogP contribution < -0.4 is 0 Å². The Bertz CT molecular complexity index is 847. The summed E-state index contributed by atoms with van der Waals surface area (Å²) < 4.78 is 26.8. The predicted octanol–water partition coefficient (Wildman–Crippen LogP) is 7.32. The molecule has 2 aromatic rings. The van der Waals surface area contributed by atoms with Crippen LogP contribution in [0.25, 0.3) is 16.7 Å². The minimum absolute atomic E-state index is 0.744. The van der Waals surface area contributed by atoms with Gasteiger partial charge in [-0.1, -0.05) is 62.4 Å². The van der Waals surface area contributed by atoms with Gasteiger partial charge in [0.1, 0.15) is 0 Å². The molecule has 1 atom stereocenters. The molecule has 0 aromatic heterocycles. The van der Waals surface area contributed by atoms with Crippen molar-refractivity contribution in [3.05, 3.63) is 64.7 Å². The van der Waals surface area contributed by atoms with Crippen LogP contribution in [0.1, 0.15) is 63.0 Å². The van der Waals surface area contributed by atoms with Crippen molar-refractivity contribution in [1.29, 1.82) is 0 Å². The van der Waals surface area contributed by atoms with E-state index in [9.17, 15) is 8.78 Å². The molecule has 0 aliphatic heterocycles. The lowest BCUT2D eigenvalue weighted by molar-refractivity contribution is 0.417. The first-order valence-electron chi connectivity index (χ1n) is 9.95. The molecule has 0 saturated carbocycles. The molecule has 0 radical (unpaired) electrons. The van der Waals surface area contributed by atoms with E-state index in [-0.39, 0.29) is 0 Å². The number of fused-ring (bicyclic) bond motifs is 2. The molecule has 1 unspecified atom stereocenters. The lowest BCUT2D eigenvalue weighted by Gasteiger charge is -2.24. The van der Waals surface area contributed by atoms with Crippen LogP contribution in [0, 0.1) is 17.6 Å². The maximum atomic E-state index is 13.6. The number of rotatable bonds is 5. The fourth-order valence-corrected chi connectivity index (χ4v) is 4.65. The SMILES string of the molecule is CCCCCC1CCC2=C(Cc3cc(-c4ccc(F)c(F)c4)ccc32)C1. The van der Waals surface area contributed by atoms with Crippen LogP contribution in [0.3, 0.4) is 0 Å². The molecule has 2 aliphatic rings. The minimum atomic E-state index is -0.791. The fourth-order valence-electron chi connectivity index (χ4n) is 4.65. The first-order valence-corrected chi connectivity index (χ1v) is 9.95. The summed E-state index contributed by atoms with van der Waals surface area (Å²) in [5.41, 5.74) is 7.64. The van der Waals surface area contributed by atoms with Crippen LogP contribution in [0.4, 0.5) is 8.78 Å². The molecule has 0 N–H and O–H groups in total. The topological polar surface area (TPSA) is 0 Å². The molecule has 0 bridgehead atoms. The van der Waals surface area contributed by atoms with Gasteiger partial charge in [0.25, 0.3) is 0 Å². The second-order valence-corrected chi connectivity index (χ2v) is 7.86. The molecule has 0 spiro atoms. The van der Waals surface area contributed by atoms with Gasteiger partial charge in [-0.15, -0.1) is 0 Å². The van der Waals surface area contributed by atoms with E-state index in [1.807, 2.05) is 0 Å². The lowest BCUT2D eigenvalue weighted by Crippen LogP contribution is -2.08. The molecule has 0 heterocycles. The molecule has 26 heavy (non-hydrogen) atoms. The summed E-state index contributed by atoms with van der Waals surface area (Å²) in [5, 5.41) is 0. The third-order valence-corrected chi connectivity index (χ3v) is 6.07. The van der Waals surface area contributed by atoms with Crippen LogP contribution in [-0.4, -0.2) is 0 Å². The average molecular weight is 352 g/mol. The van der Waals surface area contributed by atoms with Crippen molar-refractivity contribution in [3.63, 3.8) is 0 Å². The highest BCUT2D eigenvalue weighted by atomic mass is 19.2. The molecule has 0 nitrogen and oxygen atoms in total. The summed E-state index contributed by atoms with van der Waals surface area (Å²) in [6.45, 7) is 2.26. The van der Waals surface area contributed by atoms with E-state index in [1.165, 1.54) is 68.2 Å². The number of halogens is 2. The molecule has 0 saturated heterocycles. The summed E-state index contributed by atoms with van der Waals surface area (Å²) in [4.78, 5) is 0. The Balaban J connectivity index is 1.52. The van der Waals surface area contributed by atoms with Gasteiger partial charge >= 0.3 is 0 Å². The molecule has 0 fully saturated rings. The third kappa shape index (κ3) is 3.34. The highest BCUT2D eigenvalue weighted by Crippen LogP contribution is 2.45. The first kappa shape index (κ1) is 17.5. The summed E-state index contributed by atoms with van der Waals surface area (Å²) in [5.74, 6) is -0.725. The molecular weight excluding hydrogens is 326 g/mol. The van der Waals surface area contributed by atoms with Gasteiger partial charge in [0, 0.05) is 0 Å². The van der Waals surface area contributed by atoms with Gasteiger partial charge in [-0.3, -0.25) is 0 Å². The van der Waals surface area contributed by atoms with Crippen LogP contribution in [-0.2, 0) is 6.42 Å². The van der Waals surface area contributed by atoms with E-state index in [4.69, 9.17) is 0 Å². The summed E-state index contributed by atoms with van der Waals surface area (Å²) in [7, 11) is 0. The quantitative estimate of drug-likeness (QED) is 0.494. The van der Waals surface area contributed by atoms with Crippen LogP contribution >= 0.6 is 0 Å². The molecule has 2 heteroatoms. The van der Waals surface area contributed by atoms with E-state index < -0.39 is 11.6 Å². The third-order valence-electron chi connectivity index (χ3n) is 6.07. The van der Waals surface area contributed by atoms with Gasteiger partial charge in [-0.05, 0) is 71.6 Å². The van der Waals surface area contributed by atoms with Crippen molar-refractivity contribution in [2.24, 2.45) is 5.92 Å². The van der Waals surface area contributed by atoms with Gasteiger partial charge in [0.05, 0.1) is 0 Å². The monoisotopic (exact) mass is 352 g/mol. The second kappa shape index (κ2) is 7.34. The molecule has 4 rings (SSSR count). The number of benzene rings is 2. The zero-order valence-corrected chi connectivity index (χ0v) is 15.5. The Kier molecular flexibility index (Phi) is 4.93. The number of hydrogen-bond acceptors (Lipinski definition) is 0. The molecule has 2 aromatic carbocycles. The predicted molar refractivity (Wildman–Crippen MR) is 104 cm³/mol. The molecule has 0 amide bonds. The Hall–Kier alpha value is -1.96. The molecule has 136 valence electrons. The average Bonchev–Trinajstić information content (AvgIpc) is 3.01. The van der Waals surface area contributed by atoms with Crippen molar-refractivity contribution in [2.45, 2.75) is 58.3 Å². The van der Waals surface area contributed by atoms with Crippen molar-refractivity contribution >= 4 is 5.57 Å². The highest BCUT2D eigenvalue weighted by Gasteiger charge is 2.28. The maximum absolute atomic E-state index is 13.6. The van der Waals surface area contributed by atoms with Gasteiger partial charge in [0.15, 0.2) is 11.6 Å². The Labute approximate surface area is 154 Å². The van der Waals surface area contributed by atoms with Crippen molar-refractivity contribution in [3.8, 4) is 11.1 Å². The Morgan fingerprint density at radius 1 is 0.962 bits per heavy atom. The summed E-state index contributed by atoms with van der Waals surface area (Å²) >= 11 is 0. The van der Waals surface area contributed by atoms with E-state index in [2.05, 4.69) is 25.1 Å². The van der Waals surface area contributed by atoms with Gasteiger partial charge < -0.3 is 0 Å². The first-order chi connectivity index (χ1) is 12.7. The number of allylic oxidation sites excluding steroid dienone is 2.